The standard InChI is InChI=1S/C28H28Cl2N2O3/c1-27(2,34)19-9-14-25-24(15-19)26(33)32(17-22-13-12-21(30)16-31-22)28(25,35-23-5-3-4-6-23)18-7-10-20(29)11-8-18/h7-16,23,34H,3-6,17H2,1-2H3/t28-/m1/s1. The van der Waals surface area contributed by atoms with E-state index in [-0.39, 0.29) is 18.6 Å². The SMILES string of the molecule is CC(C)(O)c1ccc2c(c1)C(=O)N(Cc1ccc(Cl)cn1)[C@@]2(OC1CCCC1)c1ccc(Cl)cc1. The average molecular weight is 511 g/mol. The number of carbonyl (C=O) groups excluding carboxylic acids is 1. The van der Waals surface area contributed by atoms with Crippen molar-refractivity contribution >= 4 is 29.1 Å². The Morgan fingerprint density at radius 1 is 1.06 bits per heavy atom. The monoisotopic (exact) mass is 510 g/mol. The Balaban J connectivity index is 1.72. The summed E-state index contributed by atoms with van der Waals surface area (Å²) in [5, 5.41) is 11.8. The van der Waals surface area contributed by atoms with Crippen LogP contribution in [0.1, 0.15) is 72.3 Å². The predicted molar refractivity (Wildman–Crippen MR) is 136 cm³/mol. The van der Waals surface area contributed by atoms with Gasteiger partial charge in [0.15, 0.2) is 5.72 Å². The second-order valence-corrected chi connectivity index (χ2v) is 10.7. The smallest absolute Gasteiger partial charge is 0.257 e. The van der Waals surface area contributed by atoms with Gasteiger partial charge in [0, 0.05) is 27.9 Å². The summed E-state index contributed by atoms with van der Waals surface area (Å²) < 4.78 is 6.96. The highest BCUT2D eigenvalue weighted by Gasteiger charge is 2.54. The molecule has 1 amide bonds. The number of fused-ring (bicyclic) bond motifs is 1. The van der Waals surface area contributed by atoms with E-state index in [2.05, 4.69) is 4.98 Å². The lowest BCUT2D eigenvalue weighted by atomic mass is 9.89. The number of rotatable bonds is 6. The second kappa shape index (κ2) is 9.21. The molecular formula is C28H28Cl2N2O3. The van der Waals surface area contributed by atoms with E-state index in [0.29, 0.717) is 26.9 Å². The zero-order valence-corrected chi connectivity index (χ0v) is 21.3. The number of benzene rings is 2. The van der Waals surface area contributed by atoms with E-state index in [0.717, 1.165) is 36.8 Å². The largest absolute Gasteiger partial charge is 0.386 e. The summed E-state index contributed by atoms with van der Waals surface area (Å²) in [7, 11) is 0. The number of amides is 1. The Hall–Kier alpha value is -2.44. The van der Waals surface area contributed by atoms with Crippen molar-refractivity contribution in [2.75, 3.05) is 0 Å². The molecule has 2 heterocycles. The molecule has 0 unspecified atom stereocenters. The van der Waals surface area contributed by atoms with E-state index in [9.17, 15) is 9.90 Å². The number of nitrogens with zero attached hydrogens (tertiary/aromatic N) is 2. The van der Waals surface area contributed by atoms with Crippen LogP contribution in [0.5, 0.6) is 0 Å². The zero-order chi connectivity index (χ0) is 24.8. The molecule has 0 radical (unpaired) electrons. The first-order valence-electron chi connectivity index (χ1n) is 11.9. The van der Waals surface area contributed by atoms with Crippen LogP contribution < -0.4 is 0 Å². The Kier molecular flexibility index (Phi) is 6.39. The van der Waals surface area contributed by atoms with Crippen molar-refractivity contribution in [3.63, 3.8) is 0 Å². The summed E-state index contributed by atoms with van der Waals surface area (Å²) in [5.41, 5.74) is 1.24. The fourth-order valence-corrected chi connectivity index (χ4v) is 5.34. The van der Waals surface area contributed by atoms with E-state index in [1.807, 2.05) is 42.5 Å². The van der Waals surface area contributed by atoms with Gasteiger partial charge in [-0.3, -0.25) is 14.7 Å². The van der Waals surface area contributed by atoms with E-state index in [1.165, 1.54) is 0 Å². The maximum absolute atomic E-state index is 14.1. The molecule has 1 aliphatic heterocycles. The summed E-state index contributed by atoms with van der Waals surface area (Å²) in [5.74, 6) is -0.171. The molecule has 35 heavy (non-hydrogen) atoms. The van der Waals surface area contributed by atoms with Crippen LogP contribution in [0.4, 0.5) is 0 Å². The minimum atomic E-state index is -1.15. The van der Waals surface area contributed by atoms with E-state index < -0.39 is 11.3 Å². The number of ether oxygens (including phenoxy) is 1. The van der Waals surface area contributed by atoms with E-state index in [4.69, 9.17) is 27.9 Å². The Labute approximate surface area is 215 Å². The van der Waals surface area contributed by atoms with Crippen LogP contribution in [0, 0.1) is 0 Å². The Morgan fingerprint density at radius 2 is 1.74 bits per heavy atom. The molecule has 5 rings (SSSR count). The number of hydrogen-bond acceptors (Lipinski definition) is 4. The number of hydrogen-bond donors (Lipinski definition) is 1. The fourth-order valence-electron chi connectivity index (χ4n) is 5.11. The highest BCUT2D eigenvalue weighted by Crippen LogP contribution is 2.49. The summed E-state index contributed by atoms with van der Waals surface area (Å²) in [6, 6.07) is 16.7. The molecule has 2 aliphatic rings. The molecule has 1 aliphatic carbocycles. The number of halogens is 2. The van der Waals surface area contributed by atoms with Gasteiger partial charge in [0.1, 0.15) is 0 Å². The van der Waals surface area contributed by atoms with Crippen molar-refractivity contribution in [3.05, 3.63) is 98.8 Å². The lowest BCUT2D eigenvalue weighted by Crippen LogP contribution is -2.48. The molecule has 1 N–H and O–H groups in total. The van der Waals surface area contributed by atoms with Crippen LogP contribution in [0.2, 0.25) is 10.0 Å². The number of carbonyl (C=O) groups is 1. The third kappa shape index (κ3) is 4.47. The highest BCUT2D eigenvalue weighted by atomic mass is 35.5. The molecule has 7 heteroatoms. The first-order chi connectivity index (χ1) is 16.7. The first kappa shape index (κ1) is 24.3. The van der Waals surface area contributed by atoms with Gasteiger partial charge in [0.05, 0.1) is 29.0 Å². The van der Waals surface area contributed by atoms with Crippen molar-refractivity contribution < 1.29 is 14.6 Å². The van der Waals surface area contributed by atoms with Crippen LogP contribution in [-0.2, 0) is 22.6 Å². The molecule has 5 nitrogen and oxygen atoms in total. The predicted octanol–water partition coefficient (Wildman–Crippen LogP) is 6.43. The zero-order valence-electron chi connectivity index (χ0n) is 19.8. The lowest BCUT2D eigenvalue weighted by Gasteiger charge is -2.41. The van der Waals surface area contributed by atoms with Gasteiger partial charge < -0.3 is 9.84 Å². The quantitative estimate of drug-likeness (QED) is 0.414. The lowest BCUT2D eigenvalue weighted by molar-refractivity contribution is -0.145. The van der Waals surface area contributed by atoms with Gasteiger partial charge in [-0.2, -0.15) is 0 Å². The van der Waals surface area contributed by atoms with E-state index >= 15 is 0 Å². The van der Waals surface area contributed by atoms with Crippen LogP contribution in [0.25, 0.3) is 0 Å². The normalized spacial score (nSPS) is 20.5. The molecule has 1 saturated carbocycles. The van der Waals surface area contributed by atoms with Gasteiger partial charge in [-0.05, 0) is 62.6 Å². The Bertz CT molecular complexity index is 1230. The van der Waals surface area contributed by atoms with Crippen molar-refractivity contribution in [2.45, 2.75) is 63.5 Å². The number of aromatic nitrogens is 1. The first-order valence-corrected chi connectivity index (χ1v) is 12.7. The maximum atomic E-state index is 14.1. The second-order valence-electron chi connectivity index (χ2n) is 9.85. The summed E-state index contributed by atoms with van der Waals surface area (Å²) in [6.45, 7) is 3.66. The van der Waals surface area contributed by atoms with Crippen LogP contribution in [0.15, 0.2) is 60.8 Å². The third-order valence-electron chi connectivity index (χ3n) is 6.93. The van der Waals surface area contributed by atoms with Gasteiger partial charge in [-0.25, -0.2) is 0 Å². The van der Waals surface area contributed by atoms with Gasteiger partial charge in [0.2, 0.25) is 0 Å². The van der Waals surface area contributed by atoms with Crippen molar-refractivity contribution in [2.24, 2.45) is 0 Å². The van der Waals surface area contributed by atoms with Gasteiger partial charge in [0.25, 0.3) is 5.91 Å². The third-order valence-corrected chi connectivity index (χ3v) is 7.41. The van der Waals surface area contributed by atoms with Gasteiger partial charge in [-0.1, -0.05) is 60.3 Å². The summed E-state index contributed by atoms with van der Waals surface area (Å²) >= 11 is 12.3. The minimum absolute atomic E-state index is 0.0130. The topological polar surface area (TPSA) is 62.7 Å². The number of pyridine rings is 1. The van der Waals surface area contributed by atoms with Crippen LogP contribution in [-0.4, -0.2) is 27.0 Å². The Morgan fingerprint density at radius 3 is 2.37 bits per heavy atom. The maximum Gasteiger partial charge on any atom is 0.257 e. The summed E-state index contributed by atoms with van der Waals surface area (Å²) in [4.78, 5) is 20.3. The van der Waals surface area contributed by atoms with Crippen LogP contribution >= 0.6 is 23.2 Å². The molecule has 3 aromatic rings. The number of aliphatic hydroxyl groups is 1. The minimum Gasteiger partial charge on any atom is -0.386 e. The average Bonchev–Trinajstić information content (AvgIpc) is 3.42. The van der Waals surface area contributed by atoms with Gasteiger partial charge in [-0.15, -0.1) is 0 Å². The highest BCUT2D eigenvalue weighted by molar-refractivity contribution is 6.30. The molecule has 2 aromatic carbocycles. The van der Waals surface area contributed by atoms with Crippen molar-refractivity contribution in [1.29, 1.82) is 0 Å². The molecule has 1 atom stereocenters. The van der Waals surface area contributed by atoms with Gasteiger partial charge >= 0.3 is 0 Å². The van der Waals surface area contributed by atoms with Crippen molar-refractivity contribution in [3.8, 4) is 0 Å². The molecule has 0 saturated heterocycles. The van der Waals surface area contributed by atoms with E-state index in [1.54, 1.807) is 37.1 Å². The summed E-state index contributed by atoms with van der Waals surface area (Å²) in [6.07, 6.45) is 5.66. The molecule has 1 aromatic heterocycles. The molecular weight excluding hydrogens is 483 g/mol. The van der Waals surface area contributed by atoms with Crippen LogP contribution in [0.3, 0.4) is 0 Å². The molecule has 0 spiro atoms. The molecule has 182 valence electrons. The molecule has 0 bridgehead atoms. The molecule has 1 fully saturated rings. The van der Waals surface area contributed by atoms with Crippen molar-refractivity contribution in [1.82, 2.24) is 9.88 Å². The fraction of sp³-hybridized carbons (Fsp3) is 0.357.